The summed E-state index contributed by atoms with van der Waals surface area (Å²) in [5.41, 5.74) is 2.62. The van der Waals surface area contributed by atoms with Crippen molar-refractivity contribution in [3.8, 4) is 0 Å². The Morgan fingerprint density at radius 1 is 1.32 bits per heavy atom. The number of benzene rings is 1. The molecule has 1 saturated heterocycles. The molecule has 0 bridgehead atoms. The maximum atomic E-state index is 12.7. The summed E-state index contributed by atoms with van der Waals surface area (Å²) in [6.07, 6.45) is 0.595. The quantitative estimate of drug-likeness (QED) is 0.829. The SMILES string of the molecule is COCCN1CCOC(C(=O)N2CCc3ccccc3C2)C1. The van der Waals surface area contributed by atoms with E-state index in [-0.39, 0.29) is 12.0 Å². The van der Waals surface area contributed by atoms with Crippen molar-refractivity contribution in [1.29, 1.82) is 0 Å². The van der Waals surface area contributed by atoms with Crippen LogP contribution in [0.1, 0.15) is 11.1 Å². The van der Waals surface area contributed by atoms with Gasteiger partial charge in [0.15, 0.2) is 0 Å². The number of amides is 1. The number of hydrogen-bond acceptors (Lipinski definition) is 4. The van der Waals surface area contributed by atoms with E-state index in [0.717, 1.165) is 26.1 Å². The molecule has 22 heavy (non-hydrogen) atoms. The summed E-state index contributed by atoms with van der Waals surface area (Å²) in [6.45, 7) is 5.19. The molecule has 120 valence electrons. The number of carbonyl (C=O) groups is 1. The summed E-state index contributed by atoms with van der Waals surface area (Å²) < 4.78 is 10.8. The highest BCUT2D eigenvalue weighted by Gasteiger charge is 2.31. The van der Waals surface area contributed by atoms with Crippen molar-refractivity contribution in [2.45, 2.75) is 19.1 Å². The van der Waals surface area contributed by atoms with E-state index in [1.54, 1.807) is 7.11 Å². The van der Waals surface area contributed by atoms with Crippen LogP contribution < -0.4 is 0 Å². The molecule has 1 atom stereocenters. The van der Waals surface area contributed by atoms with Gasteiger partial charge in [0.1, 0.15) is 6.10 Å². The molecule has 1 unspecified atom stereocenters. The minimum absolute atomic E-state index is 0.122. The number of methoxy groups -OCH3 is 1. The summed E-state index contributed by atoms with van der Waals surface area (Å²) in [7, 11) is 1.70. The van der Waals surface area contributed by atoms with Gasteiger partial charge in [-0.25, -0.2) is 0 Å². The van der Waals surface area contributed by atoms with Gasteiger partial charge in [-0.1, -0.05) is 24.3 Å². The smallest absolute Gasteiger partial charge is 0.253 e. The first kappa shape index (κ1) is 15.5. The molecule has 0 aromatic heterocycles. The Morgan fingerprint density at radius 3 is 2.95 bits per heavy atom. The molecule has 3 rings (SSSR count). The van der Waals surface area contributed by atoms with Gasteiger partial charge in [0, 0.05) is 39.8 Å². The lowest BCUT2D eigenvalue weighted by atomic mass is 9.99. The standard InChI is InChI=1S/C17H24N2O3/c1-21-10-8-18-9-11-22-16(13-18)17(20)19-7-6-14-4-2-3-5-15(14)12-19/h2-5,16H,6-13H2,1H3. The highest BCUT2D eigenvalue weighted by atomic mass is 16.5. The normalized spacial score (nSPS) is 22.4. The van der Waals surface area contributed by atoms with E-state index in [1.165, 1.54) is 11.1 Å². The Bertz CT molecular complexity index is 520. The molecule has 0 N–H and O–H groups in total. The van der Waals surface area contributed by atoms with Gasteiger partial charge in [-0.15, -0.1) is 0 Å². The van der Waals surface area contributed by atoms with Crippen LogP contribution in [-0.4, -0.2) is 68.3 Å². The van der Waals surface area contributed by atoms with Gasteiger partial charge in [-0.3, -0.25) is 9.69 Å². The second kappa shape index (κ2) is 7.22. The average Bonchev–Trinajstić information content (AvgIpc) is 2.59. The number of hydrogen-bond donors (Lipinski definition) is 0. The molecule has 5 heteroatoms. The molecule has 2 aliphatic heterocycles. The molecular formula is C17H24N2O3. The van der Waals surface area contributed by atoms with E-state index in [0.29, 0.717) is 26.3 Å². The van der Waals surface area contributed by atoms with E-state index in [2.05, 4.69) is 23.1 Å². The van der Waals surface area contributed by atoms with Crippen molar-refractivity contribution in [3.05, 3.63) is 35.4 Å². The van der Waals surface area contributed by atoms with E-state index >= 15 is 0 Å². The first-order valence-electron chi connectivity index (χ1n) is 7.96. The Labute approximate surface area is 131 Å². The number of rotatable bonds is 4. The van der Waals surface area contributed by atoms with Gasteiger partial charge in [0.2, 0.25) is 0 Å². The van der Waals surface area contributed by atoms with Crippen molar-refractivity contribution in [2.24, 2.45) is 0 Å². The summed E-state index contributed by atoms with van der Waals surface area (Å²) in [4.78, 5) is 16.9. The third-order valence-corrected chi connectivity index (χ3v) is 4.48. The van der Waals surface area contributed by atoms with Crippen LogP contribution in [0.4, 0.5) is 0 Å². The van der Waals surface area contributed by atoms with Crippen LogP contribution in [0.5, 0.6) is 0 Å². The first-order chi connectivity index (χ1) is 10.8. The van der Waals surface area contributed by atoms with Crippen molar-refractivity contribution < 1.29 is 14.3 Å². The van der Waals surface area contributed by atoms with Crippen LogP contribution in [0.2, 0.25) is 0 Å². The molecule has 1 aromatic carbocycles. The van der Waals surface area contributed by atoms with E-state index < -0.39 is 0 Å². The van der Waals surface area contributed by atoms with Gasteiger partial charge in [0.25, 0.3) is 5.91 Å². The van der Waals surface area contributed by atoms with Crippen molar-refractivity contribution in [1.82, 2.24) is 9.80 Å². The zero-order chi connectivity index (χ0) is 15.4. The summed E-state index contributed by atoms with van der Waals surface area (Å²) in [5, 5.41) is 0. The molecule has 5 nitrogen and oxygen atoms in total. The zero-order valence-corrected chi connectivity index (χ0v) is 13.2. The molecule has 1 aromatic rings. The predicted octanol–water partition coefficient (Wildman–Crippen LogP) is 0.919. The number of fused-ring (bicyclic) bond motifs is 1. The van der Waals surface area contributed by atoms with Crippen LogP contribution in [0.25, 0.3) is 0 Å². The molecule has 1 fully saturated rings. The second-order valence-corrected chi connectivity index (χ2v) is 5.93. The predicted molar refractivity (Wildman–Crippen MR) is 83.6 cm³/mol. The minimum atomic E-state index is -0.337. The van der Waals surface area contributed by atoms with E-state index in [9.17, 15) is 4.79 Å². The van der Waals surface area contributed by atoms with Crippen LogP contribution in [0, 0.1) is 0 Å². The van der Waals surface area contributed by atoms with Crippen molar-refractivity contribution in [2.75, 3.05) is 46.5 Å². The van der Waals surface area contributed by atoms with Gasteiger partial charge in [-0.2, -0.15) is 0 Å². The second-order valence-electron chi connectivity index (χ2n) is 5.93. The fourth-order valence-electron chi connectivity index (χ4n) is 3.16. The van der Waals surface area contributed by atoms with Crippen molar-refractivity contribution in [3.63, 3.8) is 0 Å². The number of nitrogens with zero attached hydrogens (tertiary/aromatic N) is 2. The number of ether oxygens (including phenoxy) is 2. The van der Waals surface area contributed by atoms with Gasteiger partial charge < -0.3 is 14.4 Å². The molecule has 0 saturated carbocycles. The third-order valence-electron chi connectivity index (χ3n) is 4.48. The van der Waals surface area contributed by atoms with E-state index in [1.807, 2.05) is 11.0 Å². The van der Waals surface area contributed by atoms with Crippen molar-refractivity contribution >= 4 is 5.91 Å². The lowest BCUT2D eigenvalue weighted by Crippen LogP contribution is -2.52. The minimum Gasteiger partial charge on any atom is -0.383 e. The molecular weight excluding hydrogens is 280 g/mol. The highest BCUT2D eigenvalue weighted by Crippen LogP contribution is 2.20. The topological polar surface area (TPSA) is 42.0 Å². The van der Waals surface area contributed by atoms with Crippen LogP contribution in [-0.2, 0) is 27.2 Å². The number of carbonyl (C=O) groups excluding carboxylic acids is 1. The molecule has 2 aliphatic rings. The Balaban J connectivity index is 1.60. The van der Waals surface area contributed by atoms with Gasteiger partial charge in [-0.05, 0) is 17.5 Å². The molecule has 0 aliphatic carbocycles. The summed E-state index contributed by atoms with van der Waals surface area (Å²) in [5.74, 6) is 0.122. The van der Waals surface area contributed by atoms with Gasteiger partial charge >= 0.3 is 0 Å². The third kappa shape index (κ3) is 3.48. The lowest BCUT2D eigenvalue weighted by molar-refractivity contribution is -0.150. The Hall–Kier alpha value is -1.43. The van der Waals surface area contributed by atoms with Crippen LogP contribution >= 0.6 is 0 Å². The molecule has 0 radical (unpaired) electrons. The summed E-state index contributed by atoms with van der Waals surface area (Å²) in [6, 6.07) is 8.37. The average molecular weight is 304 g/mol. The fraction of sp³-hybridized carbons (Fsp3) is 0.588. The highest BCUT2D eigenvalue weighted by molar-refractivity contribution is 5.81. The lowest BCUT2D eigenvalue weighted by Gasteiger charge is -2.36. The van der Waals surface area contributed by atoms with E-state index in [4.69, 9.17) is 9.47 Å². The van der Waals surface area contributed by atoms with Crippen LogP contribution in [0.15, 0.2) is 24.3 Å². The molecule has 0 spiro atoms. The van der Waals surface area contributed by atoms with Gasteiger partial charge in [0.05, 0.1) is 13.2 Å². The summed E-state index contributed by atoms with van der Waals surface area (Å²) >= 11 is 0. The Morgan fingerprint density at radius 2 is 2.14 bits per heavy atom. The zero-order valence-electron chi connectivity index (χ0n) is 13.2. The first-order valence-corrected chi connectivity index (χ1v) is 7.96. The number of morpholine rings is 1. The molecule has 2 heterocycles. The Kier molecular flexibility index (Phi) is 5.08. The molecule has 1 amide bonds. The largest absolute Gasteiger partial charge is 0.383 e. The fourth-order valence-corrected chi connectivity index (χ4v) is 3.16. The van der Waals surface area contributed by atoms with Crippen LogP contribution in [0.3, 0.4) is 0 Å². The maximum absolute atomic E-state index is 12.7. The maximum Gasteiger partial charge on any atom is 0.253 e. The monoisotopic (exact) mass is 304 g/mol.